The Bertz CT molecular complexity index is 720. The van der Waals surface area contributed by atoms with Crippen LogP contribution in [0.15, 0.2) is 29.3 Å². The van der Waals surface area contributed by atoms with Crippen LogP contribution in [0.4, 0.5) is 0 Å². The van der Waals surface area contributed by atoms with Gasteiger partial charge in [0.25, 0.3) is 0 Å². The molecule has 1 aromatic carbocycles. The van der Waals surface area contributed by atoms with Gasteiger partial charge in [-0.2, -0.15) is 0 Å². The number of nitrogens with zero attached hydrogens (tertiary/aromatic N) is 3. The molecule has 0 radical (unpaired) electrons. The first-order valence-corrected chi connectivity index (χ1v) is 11.1. The smallest absolute Gasteiger partial charge is 0.310 e. The summed E-state index contributed by atoms with van der Waals surface area (Å²) in [7, 11) is 1.45. The van der Waals surface area contributed by atoms with E-state index >= 15 is 0 Å². The van der Waals surface area contributed by atoms with Gasteiger partial charge in [0.15, 0.2) is 5.96 Å². The maximum Gasteiger partial charge on any atom is 0.310 e. The van der Waals surface area contributed by atoms with E-state index in [1.54, 1.807) is 0 Å². The number of esters is 1. The number of likely N-dealkylation sites (tertiary alicyclic amines) is 2. The largest absolute Gasteiger partial charge is 0.469 e. The van der Waals surface area contributed by atoms with Crippen molar-refractivity contribution in [1.82, 2.24) is 15.1 Å². The molecule has 0 spiro atoms. The van der Waals surface area contributed by atoms with Crippen LogP contribution in [-0.2, 0) is 22.6 Å². The molecular formula is C23H37IN4O3. The molecule has 2 N–H and O–H groups in total. The van der Waals surface area contributed by atoms with Gasteiger partial charge < -0.3 is 20.1 Å². The third-order valence-electron chi connectivity index (χ3n) is 6.15. The molecule has 0 saturated carbocycles. The number of piperidine rings is 1. The summed E-state index contributed by atoms with van der Waals surface area (Å²) in [6.45, 7) is 9.83. The van der Waals surface area contributed by atoms with Gasteiger partial charge in [0.05, 0.1) is 25.7 Å². The minimum atomic E-state index is -0.139. The van der Waals surface area contributed by atoms with Crippen molar-refractivity contribution in [3.63, 3.8) is 0 Å². The Morgan fingerprint density at radius 3 is 2.45 bits per heavy atom. The van der Waals surface area contributed by atoms with Crippen molar-refractivity contribution in [3.8, 4) is 0 Å². The van der Waals surface area contributed by atoms with E-state index in [9.17, 15) is 9.90 Å². The van der Waals surface area contributed by atoms with Crippen LogP contribution in [0.2, 0.25) is 0 Å². The van der Waals surface area contributed by atoms with Crippen molar-refractivity contribution in [2.45, 2.75) is 45.9 Å². The maximum absolute atomic E-state index is 12.0. The number of carbonyl (C=O) groups excluding carboxylic acids is 1. The van der Waals surface area contributed by atoms with E-state index in [0.29, 0.717) is 13.1 Å². The third-order valence-corrected chi connectivity index (χ3v) is 6.15. The van der Waals surface area contributed by atoms with Gasteiger partial charge in [0, 0.05) is 39.3 Å². The lowest BCUT2D eigenvalue weighted by atomic mass is 9.99. The number of halogens is 1. The van der Waals surface area contributed by atoms with Crippen LogP contribution in [0.1, 0.15) is 37.8 Å². The van der Waals surface area contributed by atoms with Crippen molar-refractivity contribution in [3.05, 3.63) is 35.4 Å². The second-order valence-corrected chi connectivity index (χ2v) is 8.51. The standard InChI is InChI=1S/C23H36N4O3.HI/c1-4-24-23(27-14-17(2)21(16-27)22(29)30-3)25-13-18-5-7-19(8-6-18)15-26-11-9-20(28)10-12-26;/h5-8,17,20-21,28H,4,9-16H2,1-3H3,(H,24,25);1H. The highest BCUT2D eigenvalue weighted by Gasteiger charge is 2.36. The van der Waals surface area contributed by atoms with Crippen molar-refractivity contribution >= 4 is 35.9 Å². The number of aliphatic hydroxyl groups is 1. The minimum Gasteiger partial charge on any atom is -0.469 e. The minimum absolute atomic E-state index is 0. The molecule has 2 fully saturated rings. The fraction of sp³-hybridized carbons (Fsp3) is 0.652. The molecule has 0 aromatic heterocycles. The average Bonchev–Trinajstić information content (AvgIpc) is 3.14. The number of hydrogen-bond donors (Lipinski definition) is 2. The van der Waals surface area contributed by atoms with E-state index in [1.807, 2.05) is 0 Å². The predicted octanol–water partition coefficient (Wildman–Crippen LogP) is 2.47. The fourth-order valence-electron chi connectivity index (χ4n) is 4.28. The number of ether oxygens (including phenoxy) is 1. The summed E-state index contributed by atoms with van der Waals surface area (Å²) in [4.78, 5) is 21.4. The molecule has 8 heteroatoms. The molecule has 2 aliphatic rings. The van der Waals surface area contributed by atoms with Crippen LogP contribution < -0.4 is 5.32 Å². The number of aliphatic hydroxyl groups excluding tert-OH is 1. The summed E-state index contributed by atoms with van der Waals surface area (Å²) in [6.07, 6.45) is 1.60. The van der Waals surface area contributed by atoms with Gasteiger partial charge in [0.1, 0.15) is 0 Å². The van der Waals surface area contributed by atoms with E-state index in [-0.39, 0.29) is 47.9 Å². The number of hydrogen-bond acceptors (Lipinski definition) is 5. The zero-order chi connectivity index (χ0) is 21.5. The molecule has 7 nitrogen and oxygen atoms in total. The molecule has 2 saturated heterocycles. The van der Waals surface area contributed by atoms with Crippen LogP contribution in [-0.4, -0.2) is 72.8 Å². The lowest BCUT2D eigenvalue weighted by Gasteiger charge is -2.29. The SMILES string of the molecule is CCNC(=NCc1ccc(CN2CCC(O)CC2)cc1)N1CC(C)C(C(=O)OC)C1.I. The van der Waals surface area contributed by atoms with Gasteiger partial charge in [-0.25, -0.2) is 4.99 Å². The summed E-state index contributed by atoms with van der Waals surface area (Å²) >= 11 is 0. The number of nitrogens with one attached hydrogen (secondary N) is 1. The molecule has 31 heavy (non-hydrogen) atoms. The number of methoxy groups -OCH3 is 1. The zero-order valence-corrected chi connectivity index (χ0v) is 21.2. The Morgan fingerprint density at radius 2 is 1.84 bits per heavy atom. The summed E-state index contributed by atoms with van der Waals surface area (Å²) in [5, 5.41) is 13.0. The Morgan fingerprint density at radius 1 is 1.19 bits per heavy atom. The predicted molar refractivity (Wildman–Crippen MR) is 133 cm³/mol. The monoisotopic (exact) mass is 544 g/mol. The summed E-state index contributed by atoms with van der Waals surface area (Å²) < 4.78 is 4.95. The van der Waals surface area contributed by atoms with Crippen LogP contribution in [0.5, 0.6) is 0 Å². The van der Waals surface area contributed by atoms with Gasteiger partial charge in [-0.05, 0) is 36.8 Å². The molecule has 174 valence electrons. The highest BCUT2D eigenvalue weighted by molar-refractivity contribution is 14.0. The highest BCUT2D eigenvalue weighted by atomic mass is 127. The topological polar surface area (TPSA) is 77.4 Å². The average molecular weight is 544 g/mol. The molecule has 2 aliphatic heterocycles. The molecular weight excluding hydrogens is 507 g/mol. The van der Waals surface area contributed by atoms with Crippen LogP contribution in [0.3, 0.4) is 0 Å². The first-order valence-electron chi connectivity index (χ1n) is 11.1. The number of carbonyl (C=O) groups is 1. The van der Waals surface area contributed by atoms with Crippen LogP contribution in [0.25, 0.3) is 0 Å². The molecule has 2 atom stereocenters. The van der Waals surface area contributed by atoms with Crippen molar-refractivity contribution in [1.29, 1.82) is 0 Å². The molecule has 3 rings (SSSR count). The number of rotatable bonds is 6. The first-order chi connectivity index (χ1) is 14.5. The Balaban J connectivity index is 0.00000341. The fourth-order valence-corrected chi connectivity index (χ4v) is 4.28. The van der Waals surface area contributed by atoms with E-state index in [4.69, 9.17) is 9.73 Å². The van der Waals surface area contributed by atoms with Gasteiger partial charge in [-0.15, -0.1) is 24.0 Å². The lowest BCUT2D eigenvalue weighted by Crippen LogP contribution is -2.40. The Kier molecular flexibility index (Phi) is 10.5. The number of benzene rings is 1. The van der Waals surface area contributed by atoms with Gasteiger partial charge in [-0.3, -0.25) is 9.69 Å². The van der Waals surface area contributed by atoms with Crippen LogP contribution in [0, 0.1) is 11.8 Å². The number of aliphatic imine (C=N–C) groups is 1. The molecule has 0 aliphatic carbocycles. The van der Waals surface area contributed by atoms with Gasteiger partial charge in [-0.1, -0.05) is 31.2 Å². The van der Waals surface area contributed by atoms with Gasteiger partial charge >= 0.3 is 5.97 Å². The third kappa shape index (κ3) is 7.32. The highest BCUT2D eigenvalue weighted by Crippen LogP contribution is 2.24. The lowest BCUT2D eigenvalue weighted by molar-refractivity contribution is -0.145. The number of guanidine groups is 1. The quantitative estimate of drug-likeness (QED) is 0.248. The molecule has 0 amide bonds. The van der Waals surface area contributed by atoms with E-state index in [1.165, 1.54) is 18.2 Å². The van der Waals surface area contributed by atoms with E-state index in [2.05, 4.69) is 53.2 Å². The molecule has 2 unspecified atom stereocenters. The second kappa shape index (κ2) is 12.6. The first kappa shape index (κ1) is 25.9. The van der Waals surface area contributed by atoms with E-state index < -0.39 is 0 Å². The Hall–Kier alpha value is -1.39. The zero-order valence-electron chi connectivity index (χ0n) is 18.9. The van der Waals surface area contributed by atoms with Crippen molar-refractivity contribution in [2.75, 3.05) is 39.8 Å². The van der Waals surface area contributed by atoms with E-state index in [0.717, 1.165) is 51.5 Å². The normalized spacial score (nSPS) is 22.8. The summed E-state index contributed by atoms with van der Waals surface area (Å²) in [6, 6.07) is 8.64. The van der Waals surface area contributed by atoms with Crippen molar-refractivity contribution in [2.24, 2.45) is 16.8 Å². The molecule has 0 bridgehead atoms. The second-order valence-electron chi connectivity index (χ2n) is 8.51. The molecule has 1 aromatic rings. The van der Waals surface area contributed by atoms with Gasteiger partial charge in [0.2, 0.25) is 0 Å². The van der Waals surface area contributed by atoms with Crippen LogP contribution >= 0.6 is 24.0 Å². The van der Waals surface area contributed by atoms with Crippen molar-refractivity contribution < 1.29 is 14.6 Å². The summed E-state index contributed by atoms with van der Waals surface area (Å²) in [5.41, 5.74) is 2.46. The Labute approximate surface area is 203 Å². The molecule has 2 heterocycles. The maximum atomic E-state index is 12.0. The summed E-state index contributed by atoms with van der Waals surface area (Å²) in [5.74, 6) is 0.858.